The predicted octanol–water partition coefficient (Wildman–Crippen LogP) is 2.74. The molecular weight excluding hydrogens is 338 g/mol. The van der Waals surface area contributed by atoms with Crippen LogP contribution < -0.4 is 10.5 Å². The topological polar surface area (TPSA) is 44.6 Å². The SMILES string of the molecule is CCc1ccc(N2CN(CCCN(C)C)Cn3c2nc(C)c(C)c3=O)cc1. The number of anilines is 2. The smallest absolute Gasteiger partial charge is 0.259 e. The van der Waals surface area contributed by atoms with E-state index >= 15 is 0 Å². The lowest BCUT2D eigenvalue weighted by Gasteiger charge is -2.38. The van der Waals surface area contributed by atoms with Crippen molar-refractivity contribution in [1.82, 2.24) is 19.4 Å². The monoisotopic (exact) mass is 369 g/mol. The minimum atomic E-state index is 0.0602. The van der Waals surface area contributed by atoms with Gasteiger partial charge in [0.1, 0.15) is 0 Å². The minimum Gasteiger partial charge on any atom is -0.309 e. The van der Waals surface area contributed by atoms with E-state index in [0.29, 0.717) is 6.67 Å². The molecule has 1 aliphatic rings. The summed E-state index contributed by atoms with van der Waals surface area (Å²) in [5.74, 6) is 0.746. The Balaban J connectivity index is 1.96. The highest BCUT2D eigenvalue weighted by atomic mass is 16.1. The highest BCUT2D eigenvalue weighted by molar-refractivity contribution is 5.58. The highest BCUT2D eigenvalue weighted by Crippen LogP contribution is 2.28. The van der Waals surface area contributed by atoms with Crippen molar-refractivity contribution < 1.29 is 0 Å². The summed E-state index contributed by atoms with van der Waals surface area (Å²) in [6.45, 7) is 9.26. The molecule has 0 fully saturated rings. The van der Waals surface area contributed by atoms with Gasteiger partial charge in [-0.3, -0.25) is 19.2 Å². The Hall–Kier alpha value is -2.18. The van der Waals surface area contributed by atoms with Crippen molar-refractivity contribution in [3.63, 3.8) is 0 Å². The van der Waals surface area contributed by atoms with E-state index in [1.807, 2.05) is 18.4 Å². The van der Waals surface area contributed by atoms with E-state index in [2.05, 4.69) is 60.0 Å². The number of fused-ring (bicyclic) bond motifs is 1. The number of benzene rings is 1. The summed E-state index contributed by atoms with van der Waals surface area (Å²) in [6, 6.07) is 8.58. The van der Waals surface area contributed by atoms with Crippen LogP contribution in [0, 0.1) is 13.8 Å². The molecule has 0 saturated heterocycles. The molecule has 3 rings (SSSR count). The van der Waals surface area contributed by atoms with E-state index in [-0.39, 0.29) is 5.56 Å². The molecule has 1 aliphatic heterocycles. The Morgan fingerprint density at radius 2 is 1.81 bits per heavy atom. The first-order valence-corrected chi connectivity index (χ1v) is 9.72. The van der Waals surface area contributed by atoms with Crippen LogP contribution in [0.25, 0.3) is 0 Å². The standard InChI is InChI=1S/C21H31N5O/c1-6-18-8-10-19(11-9-18)25-14-24(13-7-12-23(4)5)15-26-20(27)16(2)17(3)22-21(25)26/h8-11H,6-7,12-15H2,1-5H3. The van der Waals surface area contributed by atoms with Gasteiger partial charge in [0.25, 0.3) is 5.56 Å². The second kappa shape index (κ2) is 8.23. The van der Waals surface area contributed by atoms with Crippen molar-refractivity contribution in [2.45, 2.75) is 40.3 Å². The zero-order valence-electron chi connectivity index (χ0n) is 17.2. The van der Waals surface area contributed by atoms with E-state index in [0.717, 1.165) is 55.5 Å². The van der Waals surface area contributed by atoms with Gasteiger partial charge in [-0.2, -0.15) is 0 Å². The number of nitrogens with zero attached hydrogens (tertiary/aromatic N) is 5. The molecule has 1 aromatic carbocycles. The maximum absolute atomic E-state index is 12.9. The molecule has 2 heterocycles. The van der Waals surface area contributed by atoms with Crippen molar-refractivity contribution in [3.05, 3.63) is 51.4 Å². The minimum absolute atomic E-state index is 0.0602. The van der Waals surface area contributed by atoms with E-state index in [1.54, 1.807) is 0 Å². The molecule has 146 valence electrons. The second-order valence-corrected chi connectivity index (χ2v) is 7.64. The Morgan fingerprint density at radius 3 is 2.44 bits per heavy atom. The maximum atomic E-state index is 12.9. The summed E-state index contributed by atoms with van der Waals surface area (Å²) >= 11 is 0. The average molecular weight is 370 g/mol. The molecule has 27 heavy (non-hydrogen) atoms. The quantitative estimate of drug-likeness (QED) is 0.783. The van der Waals surface area contributed by atoms with Gasteiger partial charge in [0, 0.05) is 23.5 Å². The Morgan fingerprint density at radius 1 is 1.11 bits per heavy atom. The first-order valence-electron chi connectivity index (χ1n) is 9.72. The fourth-order valence-electron chi connectivity index (χ4n) is 3.44. The first-order chi connectivity index (χ1) is 12.9. The summed E-state index contributed by atoms with van der Waals surface area (Å²) in [6.07, 6.45) is 2.08. The molecule has 0 aliphatic carbocycles. The Bertz CT molecular complexity index is 841. The zero-order chi connectivity index (χ0) is 19.6. The molecule has 0 atom stereocenters. The van der Waals surface area contributed by atoms with Gasteiger partial charge in [0.05, 0.1) is 13.3 Å². The van der Waals surface area contributed by atoms with Gasteiger partial charge in [0.15, 0.2) is 0 Å². The molecule has 1 aromatic heterocycles. The number of rotatable bonds is 6. The van der Waals surface area contributed by atoms with Crippen molar-refractivity contribution >= 4 is 11.6 Å². The first kappa shape index (κ1) is 19.6. The number of aromatic nitrogens is 2. The van der Waals surface area contributed by atoms with E-state index < -0.39 is 0 Å². The van der Waals surface area contributed by atoms with Crippen LogP contribution in [-0.2, 0) is 13.1 Å². The van der Waals surface area contributed by atoms with Gasteiger partial charge < -0.3 is 4.90 Å². The van der Waals surface area contributed by atoms with Crippen LogP contribution in [0.3, 0.4) is 0 Å². The summed E-state index contributed by atoms with van der Waals surface area (Å²) in [7, 11) is 4.18. The summed E-state index contributed by atoms with van der Waals surface area (Å²) in [5, 5.41) is 0. The molecule has 0 radical (unpaired) electrons. The number of aryl methyl sites for hydroxylation is 2. The van der Waals surface area contributed by atoms with Gasteiger partial charge >= 0.3 is 0 Å². The summed E-state index contributed by atoms with van der Waals surface area (Å²) in [5.41, 5.74) is 3.99. The molecular formula is C21H31N5O. The molecule has 2 aromatic rings. The molecule has 6 nitrogen and oxygen atoms in total. The van der Waals surface area contributed by atoms with Gasteiger partial charge in [-0.05, 0) is 65.0 Å². The van der Waals surface area contributed by atoms with Crippen LogP contribution >= 0.6 is 0 Å². The number of hydrogen-bond donors (Lipinski definition) is 0. The van der Waals surface area contributed by atoms with E-state index in [1.165, 1.54) is 5.56 Å². The van der Waals surface area contributed by atoms with Gasteiger partial charge in [-0.25, -0.2) is 4.98 Å². The molecule has 0 bridgehead atoms. The lowest BCUT2D eigenvalue weighted by atomic mass is 10.1. The Kier molecular flexibility index (Phi) is 5.97. The largest absolute Gasteiger partial charge is 0.309 e. The third-order valence-corrected chi connectivity index (χ3v) is 5.28. The highest BCUT2D eigenvalue weighted by Gasteiger charge is 2.26. The van der Waals surface area contributed by atoms with Gasteiger partial charge in [0.2, 0.25) is 5.95 Å². The lowest BCUT2D eigenvalue weighted by Crippen LogP contribution is -2.48. The lowest BCUT2D eigenvalue weighted by molar-refractivity contribution is 0.189. The fourth-order valence-corrected chi connectivity index (χ4v) is 3.44. The van der Waals surface area contributed by atoms with Gasteiger partial charge in [-0.15, -0.1) is 0 Å². The van der Waals surface area contributed by atoms with Crippen LogP contribution in [0.4, 0.5) is 11.6 Å². The van der Waals surface area contributed by atoms with E-state index in [4.69, 9.17) is 4.98 Å². The van der Waals surface area contributed by atoms with Crippen LogP contribution in [0.5, 0.6) is 0 Å². The normalized spacial score (nSPS) is 14.7. The van der Waals surface area contributed by atoms with Crippen LogP contribution in [0.1, 0.15) is 30.2 Å². The van der Waals surface area contributed by atoms with Gasteiger partial charge in [-0.1, -0.05) is 19.1 Å². The van der Waals surface area contributed by atoms with Crippen LogP contribution in [0.15, 0.2) is 29.1 Å². The summed E-state index contributed by atoms with van der Waals surface area (Å²) in [4.78, 5) is 24.3. The number of hydrogen-bond acceptors (Lipinski definition) is 5. The van der Waals surface area contributed by atoms with Crippen molar-refractivity contribution in [1.29, 1.82) is 0 Å². The van der Waals surface area contributed by atoms with Crippen LogP contribution in [-0.4, -0.2) is 53.2 Å². The molecule has 0 unspecified atom stereocenters. The third kappa shape index (κ3) is 4.22. The average Bonchev–Trinajstić information content (AvgIpc) is 2.66. The predicted molar refractivity (Wildman–Crippen MR) is 111 cm³/mol. The fraction of sp³-hybridized carbons (Fsp3) is 0.524. The molecule has 0 spiro atoms. The molecule has 0 saturated carbocycles. The summed E-state index contributed by atoms with van der Waals surface area (Å²) < 4.78 is 1.81. The molecule has 0 N–H and O–H groups in total. The van der Waals surface area contributed by atoms with Crippen LogP contribution in [0.2, 0.25) is 0 Å². The second-order valence-electron chi connectivity index (χ2n) is 7.64. The van der Waals surface area contributed by atoms with Crippen molar-refractivity contribution in [2.75, 3.05) is 38.8 Å². The molecule has 0 amide bonds. The zero-order valence-corrected chi connectivity index (χ0v) is 17.2. The molecule has 6 heteroatoms. The van der Waals surface area contributed by atoms with E-state index in [9.17, 15) is 4.79 Å². The maximum Gasteiger partial charge on any atom is 0.259 e. The third-order valence-electron chi connectivity index (χ3n) is 5.28. The van der Waals surface area contributed by atoms with Crippen molar-refractivity contribution in [2.24, 2.45) is 0 Å². The van der Waals surface area contributed by atoms with Crippen molar-refractivity contribution in [3.8, 4) is 0 Å². The Labute approximate surface area is 162 Å².